The van der Waals surface area contributed by atoms with Gasteiger partial charge in [-0.15, -0.1) is 10.2 Å². The van der Waals surface area contributed by atoms with Gasteiger partial charge in [0.15, 0.2) is 5.82 Å². The van der Waals surface area contributed by atoms with Crippen LogP contribution in [0.2, 0.25) is 0 Å². The SMILES string of the molecule is Cc1ccc(-n2cnnc2CNC(=O)c2ccnc(O[C@@H]3CCOC3)c2)cc1. The Morgan fingerprint density at radius 2 is 2.18 bits per heavy atom. The minimum absolute atomic E-state index is 0.0149. The van der Waals surface area contributed by atoms with Crippen LogP contribution in [0, 0.1) is 6.92 Å². The number of carbonyl (C=O) groups excluding carboxylic acids is 1. The van der Waals surface area contributed by atoms with Gasteiger partial charge < -0.3 is 14.8 Å². The highest BCUT2D eigenvalue weighted by molar-refractivity contribution is 5.94. The van der Waals surface area contributed by atoms with Gasteiger partial charge in [-0.05, 0) is 25.1 Å². The zero-order valence-corrected chi connectivity index (χ0v) is 15.5. The molecule has 1 atom stereocenters. The maximum atomic E-state index is 12.5. The van der Waals surface area contributed by atoms with Crippen LogP contribution in [0.3, 0.4) is 0 Å². The van der Waals surface area contributed by atoms with Crippen molar-refractivity contribution in [1.29, 1.82) is 0 Å². The van der Waals surface area contributed by atoms with Crippen LogP contribution in [-0.4, -0.2) is 45.0 Å². The van der Waals surface area contributed by atoms with Crippen LogP contribution in [0.4, 0.5) is 0 Å². The standard InChI is InChI=1S/C20H21N5O3/c1-14-2-4-16(5-3-14)25-13-23-24-18(25)11-22-20(26)15-6-8-21-19(10-15)28-17-7-9-27-12-17/h2-6,8,10,13,17H,7,9,11-12H2,1H3,(H,22,26)/t17-/m1/s1. The normalized spacial score (nSPS) is 16.1. The monoisotopic (exact) mass is 379 g/mol. The number of benzene rings is 1. The number of nitrogens with zero attached hydrogens (tertiary/aromatic N) is 4. The lowest BCUT2D eigenvalue weighted by molar-refractivity contribution is 0.0948. The number of hydrogen-bond donors (Lipinski definition) is 1. The smallest absolute Gasteiger partial charge is 0.251 e. The maximum Gasteiger partial charge on any atom is 0.251 e. The first-order chi connectivity index (χ1) is 13.7. The minimum Gasteiger partial charge on any atom is -0.472 e. The highest BCUT2D eigenvalue weighted by atomic mass is 16.5. The third kappa shape index (κ3) is 4.17. The largest absolute Gasteiger partial charge is 0.472 e. The summed E-state index contributed by atoms with van der Waals surface area (Å²) >= 11 is 0. The van der Waals surface area contributed by atoms with Crippen LogP contribution < -0.4 is 10.1 Å². The first kappa shape index (κ1) is 18.1. The number of aromatic nitrogens is 4. The van der Waals surface area contributed by atoms with E-state index in [1.165, 1.54) is 5.56 Å². The number of aryl methyl sites for hydroxylation is 1. The van der Waals surface area contributed by atoms with Gasteiger partial charge in [-0.25, -0.2) is 4.98 Å². The number of rotatable bonds is 6. The molecule has 28 heavy (non-hydrogen) atoms. The Balaban J connectivity index is 1.41. The molecule has 0 spiro atoms. The Morgan fingerprint density at radius 3 is 2.96 bits per heavy atom. The predicted molar refractivity (Wildman–Crippen MR) is 101 cm³/mol. The molecule has 1 amide bonds. The summed E-state index contributed by atoms with van der Waals surface area (Å²) in [5.41, 5.74) is 2.59. The second-order valence-electron chi connectivity index (χ2n) is 6.62. The highest BCUT2D eigenvalue weighted by Crippen LogP contribution is 2.16. The topological polar surface area (TPSA) is 91.2 Å². The van der Waals surface area contributed by atoms with E-state index < -0.39 is 0 Å². The van der Waals surface area contributed by atoms with E-state index in [1.54, 1.807) is 24.7 Å². The minimum atomic E-state index is -0.228. The molecule has 1 fully saturated rings. The molecule has 0 saturated carbocycles. The van der Waals surface area contributed by atoms with Gasteiger partial charge in [0.25, 0.3) is 5.91 Å². The van der Waals surface area contributed by atoms with Crippen molar-refractivity contribution in [2.24, 2.45) is 0 Å². The van der Waals surface area contributed by atoms with Crippen molar-refractivity contribution >= 4 is 5.91 Å². The Bertz CT molecular complexity index is 948. The number of hydrogen-bond acceptors (Lipinski definition) is 6. The van der Waals surface area contributed by atoms with Gasteiger partial charge in [0.1, 0.15) is 12.4 Å². The first-order valence-corrected chi connectivity index (χ1v) is 9.13. The Morgan fingerprint density at radius 1 is 1.32 bits per heavy atom. The number of pyridine rings is 1. The molecule has 3 aromatic rings. The lowest BCUT2D eigenvalue weighted by atomic mass is 10.2. The summed E-state index contributed by atoms with van der Waals surface area (Å²) in [7, 11) is 0. The Kier molecular flexibility index (Phi) is 5.29. The fraction of sp³-hybridized carbons (Fsp3) is 0.300. The van der Waals surface area contributed by atoms with E-state index in [0.29, 0.717) is 30.5 Å². The van der Waals surface area contributed by atoms with Gasteiger partial charge in [0, 0.05) is 29.9 Å². The van der Waals surface area contributed by atoms with Crippen LogP contribution in [0.5, 0.6) is 5.88 Å². The molecule has 8 heteroatoms. The molecule has 0 aliphatic carbocycles. The van der Waals surface area contributed by atoms with Crippen LogP contribution >= 0.6 is 0 Å². The van der Waals surface area contributed by atoms with Crippen molar-refractivity contribution in [2.75, 3.05) is 13.2 Å². The molecule has 1 saturated heterocycles. The van der Waals surface area contributed by atoms with E-state index in [0.717, 1.165) is 12.1 Å². The van der Waals surface area contributed by atoms with Gasteiger partial charge in [0.05, 0.1) is 19.8 Å². The maximum absolute atomic E-state index is 12.5. The average molecular weight is 379 g/mol. The van der Waals surface area contributed by atoms with Crippen molar-refractivity contribution in [1.82, 2.24) is 25.1 Å². The number of ether oxygens (including phenoxy) is 2. The highest BCUT2D eigenvalue weighted by Gasteiger charge is 2.18. The third-order valence-electron chi connectivity index (χ3n) is 4.51. The fourth-order valence-electron chi connectivity index (χ4n) is 2.95. The molecule has 0 radical (unpaired) electrons. The van der Waals surface area contributed by atoms with Gasteiger partial charge >= 0.3 is 0 Å². The molecule has 1 aromatic carbocycles. The number of nitrogens with one attached hydrogen (secondary N) is 1. The van der Waals surface area contributed by atoms with Crippen molar-refractivity contribution in [2.45, 2.75) is 26.0 Å². The number of carbonyl (C=O) groups is 1. The molecule has 0 bridgehead atoms. The first-order valence-electron chi connectivity index (χ1n) is 9.13. The molecule has 3 heterocycles. The van der Waals surface area contributed by atoms with E-state index in [2.05, 4.69) is 20.5 Å². The molecule has 144 valence electrons. The fourth-order valence-corrected chi connectivity index (χ4v) is 2.95. The molecule has 2 aromatic heterocycles. The van der Waals surface area contributed by atoms with E-state index in [4.69, 9.17) is 9.47 Å². The summed E-state index contributed by atoms with van der Waals surface area (Å²) in [6.07, 6.45) is 4.01. The van der Waals surface area contributed by atoms with Crippen LogP contribution in [-0.2, 0) is 11.3 Å². The quantitative estimate of drug-likeness (QED) is 0.705. The molecule has 4 rings (SSSR count). The summed E-state index contributed by atoms with van der Waals surface area (Å²) in [4.78, 5) is 16.7. The summed E-state index contributed by atoms with van der Waals surface area (Å²) in [6, 6.07) is 11.3. The zero-order chi connectivity index (χ0) is 19.3. The van der Waals surface area contributed by atoms with Gasteiger partial charge in [-0.1, -0.05) is 17.7 Å². The predicted octanol–water partition coefficient (Wildman–Crippen LogP) is 2.07. The van der Waals surface area contributed by atoms with Crippen LogP contribution in [0.1, 0.15) is 28.2 Å². The van der Waals surface area contributed by atoms with E-state index >= 15 is 0 Å². The van der Waals surface area contributed by atoms with E-state index in [1.807, 2.05) is 35.8 Å². The molecular formula is C20H21N5O3. The second-order valence-corrected chi connectivity index (χ2v) is 6.62. The van der Waals surface area contributed by atoms with Crippen LogP contribution in [0.25, 0.3) is 5.69 Å². The van der Waals surface area contributed by atoms with E-state index in [9.17, 15) is 4.79 Å². The molecule has 8 nitrogen and oxygen atoms in total. The molecule has 1 aliphatic heterocycles. The van der Waals surface area contributed by atoms with E-state index in [-0.39, 0.29) is 18.6 Å². The lowest BCUT2D eigenvalue weighted by Crippen LogP contribution is -2.25. The third-order valence-corrected chi connectivity index (χ3v) is 4.51. The van der Waals surface area contributed by atoms with Gasteiger partial charge in [-0.3, -0.25) is 9.36 Å². The summed E-state index contributed by atoms with van der Waals surface area (Å²) in [6.45, 7) is 3.52. The molecule has 1 N–H and O–H groups in total. The van der Waals surface area contributed by atoms with Crippen LogP contribution in [0.15, 0.2) is 48.9 Å². The molecule has 0 unspecified atom stereocenters. The van der Waals surface area contributed by atoms with Gasteiger partial charge in [-0.2, -0.15) is 0 Å². The second kappa shape index (κ2) is 8.18. The molecule has 1 aliphatic rings. The van der Waals surface area contributed by atoms with Crippen molar-refractivity contribution in [3.8, 4) is 11.6 Å². The average Bonchev–Trinajstić information content (AvgIpc) is 3.39. The zero-order valence-electron chi connectivity index (χ0n) is 15.5. The van der Waals surface area contributed by atoms with Crippen molar-refractivity contribution in [3.05, 3.63) is 65.9 Å². The summed E-state index contributed by atoms with van der Waals surface area (Å²) in [5, 5.41) is 11.0. The van der Waals surface area contributed by atoms with Crippen molar-refractivity contribution < 1.29 is 14.3 Å². The lowest BCUT2D eigenvalue weighted by Gasteiger charge is -2.12. The molecular weight excluding hydrogens is 358 g/mol. The summed E-state index contributed by atoms with van der Waals surface area (Å²) < 4.78 is 12.9. The van der Waals surface area contributed by atoms with Gasteiger partial charge in [0.2, 0.25) is 5.88 Å². The Hall–Kier alpha value is -3.26. The van der Waals surface area contributed by atoms with Crippen molar-refractivity contribution in [3.63, 3.8) is 0 Å². The summed E-state index contributed by atoms with van der Waals surface area (Å²) in [5.74, 6) is 0.838. The number of amides is 1. The Labute approximate surface area is 162 Å².